The van der Waals surface area contributed by atoms with Crippen LogP contribution in [0.25, 0.3) is 0 Å². The molecule has 0 rings (SSSR count). The minimum absolute atomic E-state index is 0.0278. The zero-order chi connectivity index (χ0) is 44.9. The van der Waals surface area contributed by atoms with Gasteiger partial charge in [-0.25, -0.2) is 0 Å². The Kier molecular flexibility index (Phi) is 41.5. The first-order valence-electron chi connectivity index (χ1n) is 24.9. The van der Waals surface area contributed by atoms with Crippen LogP contribution in [0.3, 0.4) is 0 Å². The van der Waals surface area contributed by atoms with E-state index < -0.39 is 18.1 Å². The number of ether oxygens (including phenoxy) is 3. The van der Waals surface area contributed by atoms with E-state index in [-0.39, 0.29) is 42.7 Å². The first-order chi connectivity index (χ1) is 29.6. The highest BCUT2D eigenvalue weighted by Gasteiger charge is 2.25. The number of carboxylic acids is 1. The molecule has 0 aliphatic carbocycles. The predicted molar refractivity (Wildman–Crippen MR) is 254 cm³/mol. The van der Waals surface area contributed by atoms with E-state index in [0.29, 0.717) is 12.8 Å². The van der Waals surface area contributed by atoms with Crippen molar-refractivity contribution >= 4 is 17.9 Å². The van der Waals surface area contributed by atoms with Crippen LogP contribution in [-0.4, -0.2) is 75.5 Å². The Morgan fingerprint density at radius 3 is 1.41 bits per heavy atom. The average Bonchev–Trinajstić information content (AvgIpc) is 3.22. The van der Waals surface area contributed by atoms with E-state index >= 15 is 0 Å². The summed E-state index contributed by atoms with van der Waals surface area (Å²) in [5.74, 6) is -1.77. The van der Waals surface area contributed by atoms with Crippen molar-refractivity contribution in [2.75, 3.05) is 41.0 Å². The summed E-state index contributed by atoms with van der Waals surface area (Å²) < 4.78 is 17.2. The number of likely N-dealkylation sites (N-methyl/N-ethyl adjacent to an activating group) is 1. The highest BCUT2D eigenvalue weighted by atomic mass is 16.6. The number of hydrogen-bond donors (Lipinski definition) is 0. The Hall–Kier alpha value is -2.97. The number of allylic oxidation sites excluding steroid dienone is 10. The molecule has 352 valence electrons. The summed E-state index contributed by atoms with van der Waals surface area (Å²) in [4.78, 5) is 37.0. The van der Waals surface area contributed by atoms with Crippen LogP contribution in [-0.2, 0) is 28.6 Å². The Bertz CT molecular complexity index is 1180. The highest BCUT2D eigenvalue weighted by Crippen LogP contribution is 2.15. The molecule has 0 fully saturated rings. The summed E-state index contributed by atoms with van der Waals surface area (Å²) in [7, 11) is 5.40. The van der Waals surface area contributed by atoms with Gasteiger partial charge in [0.2, 0.25) is 0 Å². The number of rotatable bonds is 44. The second kappa shape index (κ2) is 43.7. The largest absolute Gasteiger partial charge is 0.544 e. The van der Waals surface area contributed by atoms with Gasteiger partial charge in [0.15, 0.2) is 6.10 Å². The van der Waals surface area contributed by atoms with E-state index in [0.717, 1.165) is 64.2 Å². The zero-order valence-corrected chi connectivity index (χ0v) is 40.1. The molecular formula is C53H93NO7. The smallest absolute Gasteiger partial charge is 0.306 e. The molecule has 0 radical (unpaired) electrons. The Morgan fingerprint density at radius 1 is 0.508 bits per heavy atom. The molecule has 0 saturated heterocycles. The number of esters is 2. The molecule has 0 amide bonds. The van der Waals surface area contributed by atoms with Gasteiger partial charge in [-0.15, -0.1) is 0 Å². The Labute approximate surface area is 375 Å². The predicted octanol–water partition coefficient (Wildman–Crippen LogP) is 12.8. The van der Waals surface area contributed by atoms with Gasteiger partial charge < -0.3 is 28.6 Å². The number of unbranched alkanes of at least 4 members (excludes halogenated alkanes) is 23. The van der Waals surface area contributed by atoms with E-state index in [2.05, 4.69) is 50.3 Å². The topological polar surface area (TPSA) is 102 Å². The quantitative estimate of drug-likeness (QED) is 0.0198. The average molecular weight is 856 g/mol. The number of carbonyl (C=O) groups is 3. The standard InChI is InChI=1S/C53H93NO7/c1-6-8-10-12-14-16-18-20-22-23-24-25-26-27-28-30-31-33-35-37-39-41-43-51(55)60-48-49(47-59-46-45-50(53(57)58)54(3,4)5)61-52(56)44-42-40-38-36-34-32-29-21-19-17-15-13-11-9-7-2/h9,11,13,15,17,19,21,26-27,29,49-50H,6-8,10,12,14,16,18,20,22-25,28,30-48H2,1-5H3/b11-9+,15-13+,19-17+,27-26+,29-21+. The molecule has 0 bridgehead atoms. The third-order valence-corrected chi connectivity index (χ3v) is 11.0. The molecule has 0 N–H and O–H groups in total. The fourth-order valence-corrected chi connectivity index (χ4v) is 7.14. The maximum atomic E-state index is 12.7. The van der Waals surface area contributed by atoms with E-state index in [1.54, 1.807) is 21.1 Å². The number of aliphatic carboxylic acids is 1. The Balaban J connectivity index is 4.26. The maximum absolute atomic E-state index is 12.7. The van der Waals surface area contributed by atoms with Crippen molar-refractivity contribution < 1.29 is 38.2 Å². The number of nitrogens with zero attached hydrogens (tertiary/aromatic N) is 1. The lowest BCUT2D eigenvalue weighted by atomic mass is 10.0. The van der Waals surface area contributed by atoms with Gasteiger partial charge in [0.05, 0.1) is 40.3 Å². The van der Waals surface area contributed by atoms with Crippen LogP contribution >= 0.6 is 0 Å². The van der Waals surface area contributed by atoms with Gasteiger partial charge in [-0.3, -0.25) is 9.59 Å². The molecule has 2 unspecified atom stereocenters. The van der Waals surface area contributed by atoms with Gasteiger partial charge in [-0.1, -0.05) is 190 Å². The molecular weight excluding hydrogens is 763 g/mol. The number of carboxylic acid groups (broad SMARTS) is 1. The monoisotopic (exact) mass is 856 g/mol. The van der Waals surface area contributed by atoms with Crippen LogP contribution in [0.5, 0.6) is 0 Å². The van der Waals surface area contributed by atoms with Crippen LogP contribution in [0, 0.1) is 0 Å². The summed E-state index contributed by atoms with van der Waals surface area (Å²) in [6.07, 6.45) is 54.0. The van der Waals surface area contributed by atoms with Gasteiger partial charge in [0, 0.05) is 19.3 Å². The molecule has 0 heterocycles. The van der Waals surface area contributed by atoms with Crippen LogP contribution < -0.4 is 5.11 Å². The summed E-state index contributed by atoms with van der Waals surface area (Å²) in [5, 5.41) is 11.6. The lowest BCUT2D eigenvalue weighted by molar-refractivity contribution is -0.889. The van der Waals surface area contributed by atoms with E-state index in [9.17, 15) is 19.5 Å². The summed E-state index contributed by atoms with van der Waals surface area (Å²) in [6.45, 7) is 4.51. The van der Waals surface area contributed by atoms with Crippen molar-refractivity contribution in [2.45, 2.75) is 219 Å². The number of hydrogen-bond acceptors (Lipinski definition) is 7. The van der Waals surface area contributed by atoms with Crippen molar-refractivity contribution in [2.24, 2.45) is 0 Å². The fraction of sp³-hybridized carbons (Fsp3) is 0.755. The molecule has 0 aromatic heterocycles. The molecule has 61 heavy (non-hydrogen) atoms. The van der Waals surface area contributed by atoms with Crippen molar-refractivity contribution in [3.8, 4) is 0 Å². The summed E-state index contributed by atoms with van der Waals surface area (Å²) in [5.41, 5.74) is 0. The summed E-state index contributed by atoms with van der Waals surface area (Å²) >= 11 is 0. The minimum atomic E-state index is -1.13. The third-order valence-electron chi connectivity index (χ3n) is 11.0. The summed E-state index contributed by atoms with van der Waals surface area (Å²) in [6, 6.07) is -0.733. The minimum Gasteiger partial charge on any atom is -0.544 e. The molecule has 0 aromatic carbocycles. The van der Waals surface area contributed by atoms with E-state index in [1.165, 1.54) is 109 Å². The van der Waals surface area contributed by atoms with Crippen LogP contribution in [0.15, 0.2) is 60.8 Å². The second-order valence-electron chi connectivity index (χ2n) is 17.8. The molecule has 0 aromatic rings. The Morgan fingerprint density at radius 2 is 0.934 bits per heavy atom. The van der Waals surface area contributed by atoms with E-state index in [4.69, 9.17) is 14.2 Å². The van der Waals surface area contributed by atoms with Crippen molar-refractivity contribution in [3.05, 3.63) is 60.8 Å². The van der Waals surface area contributed by atoms with Crippen molar-refractivity contribution in [1.29, 1.82) is 0 Å². The van der Waals surface area contributed by atoms with Crippen molar-refractivity contribution in [1.82, 2.24) is 0 Å². The van der Waals surface area contributed by atoms with E-state index in [1.807, 2.05) is 24.3 Å². The number of quaternary nitrogens is 1. The van der Waals surface area contributed by atoms with Crippen LogP contribution in [0.1, 0.15) is 206 Å². The SMILES string of the molecule is CC/C=C/C=C/C=C/C=C/CCCCCCCC(=O)OC(COCCC(C(=O)[O-])[N+](C)(C)C)COC(=O)CCCCCCCCC/C=C/CCCCCCCCCCCCC. The normalized spacial score (nSPS) is 13.4. The first kappa shape index (κ1) is 58.0. The molecule has 8 heteroatoms. The van der Waals surface area contributed by atoms with Crippen LogP contribution in [0.4, 0.5) is 0 Å². The molecule has 0 spiro atoms. The molecule has 0 saturated carbocycles. The fourth-order valence-electron chi connectivity index (χ4n) is 7.14. The van der Waals surface area contributed by atoms with Gasteiger partial charge in [0.25, 0.3) is 0 Å². The molecule has 0 aliphatic heterocycles. The zero-order valence-electron chi connectivity index (χ0n) is 40.1. The lowest BCUT2D eigenvalue weighted by Gasteiger charge is -2.34. The molecule has 2 atom stereocenters. The van der Waals surface area contributed by atoms with Crippen molar-refractivity contribution in [3.63, 3.8) is 0 Å². The highest BCUT2D eigenvalue weighted by molar-refractivity contribution is 5.70. The first-order valence-corrected chi connectivity index (χ1v) is 24.9. The van der Waals surface area contributed by atoms with Crippen LogP contribution in [0.2, 0.25) is 0 Å². The second-order valence-corrected chi connectivity index (χ2v) is 17.8. The van der Waals surface area contributed by atoms with Gasteiger partial charge in [-0.05, 0) is 57.8 Å². The molecule has 0 aliphatic rings. The van der Waals surface area contributed by atoms with Gasteiger partial charge >= 0.3 is 11.9 Å². The van der Waals surface area contributed by atoms with Gasteiger partial charge in [0.1, 0.15) is 12.6 Å². The number of carbonyl (C=O) groups excluding carboxylic acids is 3. The molecule has 8 nitrogen and oxygen atoms in total. The maximum Gasteiger partial charge on any atom is 0.306 e. The lowest BCUT2D eigenvalue weighted by Crippen LogP contribution is -2.55. The third kappa shape index (κ3) is 42.1. The van der Waals surface area contributed by atoms with Gasteiger partial charge in [-0.2, -0.15) is 0 Å².